The molecule has 0 rings (SSSR count). The maximum absolute atomic E-state index is 12.9. The molecule has 4 unspecified atom stereocenters. The van der Waals surface area contributed by atoms with Crippen LogP contribution in [0.5, 0.6) is 0 Å². The fourth-order valence-electron chi connectivity index (χ4n) is 2.95. The van der Waals surface area contributed by atoms with Crippen molar-refractivity contribution in [2.75, 3.05) is 18.8 Å². The van der Waals surface area contributed by atoms with Crippen LogP contribution in [0, 0.1) is 0 Å². The minimum atomic E-state index is -1.47. The van der Waals surface area contributed by atoms with Crippen molar-refractivity contribution in [3.05, 3.63) is 0 Å². The van der Waals surface area contributed by atoms with Crippen LogP contribution in [0.2, 0.25) is 0 Å². The number of unbranched alkanes of at least 4 members (excludes halogenated alkanes) is 1. The highest BCUT2D eigenvalue weighted by Crippen LogP contribution is 2.05. The summed E-state index contributed by atoms with van der Waals surface area (Å²) in [6, 6.07) is -4.68. The van der Waals surface area contributed by atoms with E-state index in [0.29, 0.717) is 25.8 Å². The van der Waals surface area contributed by atoms with E-state index in [-0.39, 0.29) is 37.5 Å². The predicted molar refractivity (Wildman–Crippen MR) is 135 cm³/mol. The van der Waals surface area contributed by atoms with Crippen molar-refractivity contribution in [1.82, 2.24) is 16.0 Å². The smallest absolute Gasteiger partial charge is 0.326 e. The molecule has 0 aliphatic carbocycles. The molecular weight excluding hydrogens is 496 g/mol. The summed E-state index contributed by atoms with van der Waals surface area (Å²) in [4.78, 5) is 63.8. The maximum atomic E-state index is 12.9. The zero-order chi connectivity index (χ0) is 27.7. The Morgan fingerprint density at radius 3 is 1.92 bits per heavy atom. The molecule has 206 valence electrons. The molecule has 13 N–H and O–H groups in total. The zero-order valence-corrected chi connectivity index (χ0v) is 20.9. The second kappa shape index (κ2) is 18.2. The normalized spacial score (nSPS) is 14.0. The van der Waals surface area contributed by atoms with Gasteiger partial charge in [0, 0.05) is 18.7 Å². The number of nitrogens with zero attached hydrogens (tertiary/aromatic N) is 1. The van der Waals surface area contributed by atoms with Crippen LogP contribution in [0.1, 0.15) is 44.9 Å². The van der Waals surface area contributed by atoms with Crippen LogP contribution in [0.4, 0.5) is 0 Å². The van der Waals surface area contributed by atoms with Crippen molar-refractivity contribution in [3.63, 3.8) is 0 Å². The van der Waals surface area contributed by atoms with Crippen LogP contribution in [-0.2, 0) is 24.0 Å². The molecule has 0 aromatic carbocycles. The zero-order valence-electron chi connectivity index (χ0n) is 20.0. The summed E-state index contributed by atoms with van der Waals surface area (Å²) in [5, 5.41) is 25.2. The van der Waals surface area contributed by atoms with Gasteiger partial charge in [0.15, 0.2) is 5.96 Å². The first kappa shape index (κ1) is 32.9. The number of amides is 3. The fourth-order valence-corrected chi connectivity index (χ4v) is 3.21. The third kappa shape index (κ3) is 14.3. The van der Waals surface area contributed by atoms with Gasteiger partial charge < -0.3 is 49.1 Å². The molecular formula is C20H38N8O7S. The minimum Gasteiger partial charge on any atom is -0.481 e. The molecule has 0 bridgehead atoms. The lowest BCUT2D eigenvalue weighted by atomic mass is 10.1. The second-order valence-electron chi connectivity index (χ2n) is 7.98. The number of carbonyl (C=O) groups excluding carboxylic acids is 3. The third-order valence-electron chi connectivity index (χ3n) is 4.96. The van der Waals surface area contributed by atoms with Gasteiger partial charge in [0.25, 0.3) is 0 Å². The van der Waals surface area contributed by atoms with Gasteiger partial charge in [0.1, 0.15) is 18.1 Å². The van der Waals surface area contributed by atoms with Crippen molar-refractivity contribution in [3.8, 4) is 0 Å². The number of thiol groups is 1. The van der Waals surface area contributed by atoms with Crippen LogP contribution in [0.15, 0.2) is 4.99 Å². The number of hydrogen-bond acceptors (Lipinski definition) is 9. The van der Waals surface area contributed by atoms with Crippen molar-refractivity contribution >= 4 is 48.2 Å². The molecule has 0 aliphatic rings. The van der Waals surface area contributed by atoms with Crippen LogP contribution in [-0.4, -0.2) is 88.8 Å². The number of aliphatic imine (C=N–C) groups is 1. The summed E-state index contributed by atoms with van der Waals surface area (Å²) in [7, 11) is 0. The molecule has 16 heteroatoms. The molecule has 0 aromatic rings. The lowest BCUT2D eigenvalue weighted by molar-refractivity contribution is -0.143. The summed E-state index contributed by atoms with van der Waals surface area (Å²) in [5.74, 6) is -5.05. The Kier molecular flexibility index (Phi) is 16.6. The monoisotopic (exact) mass is 534 g/mol. The summed E-state index contributed by atoms with van der Waals surface area (Å²) in [6.07, 6.45) is 1.18. The van der Waals surface area contributed by atoms with E-state index >= 15 is 0 Å². The van der Waals surface area contributed by atoms with E-state index in [2.05, 4.69) is 33.6 Å². The van der Waals surface area contributed by atoms with E-state index in [1.165, 1.54) is 0 Å². The summed E-state index contributed by atoms with van der Waals surface area (Å²) in [6.45, 7) is 0.660. The van der Waals surface area contributed by atoms with Crippen molar-refractivity contribution in [1.29, 1.82) is 0 Å². The summed E-state index contributed by atoms with van der Waals surface area (Å²) in [5.41, 5.74) is 21.9. The number of hydrogen-bond donors (Lipinski definition) is 10. The SMILES string of the molecule is NCCCCC(NC(=O)C(N)CCCN=C(N)N)C(=O)NC(CS)C(=O)NC(CCC(=O)O)C(=O)O. The molecule has 0 saturated heterocycles. The van der Waals surface area contributed by atoms with E-state index in [1.807, 2.05) is 0 Å². The predicted octanol–water partition coefficient (Wildman–Crippen LogP) is -3.17. The van der Waals surface area contributed by atoms with Crippen molar-refractivity contribution < 1.29 is 34.2 Å². The van der Waals surface area contributed by atoms with E-state index < -0.39 is 60.2 Å². The van der Waals surface area contributed by atoms with Crippen LogP contribution >= 0.6 is 12.6 Å². The topological polar surface area (TPSA) is 278 Å². The highest BCUT2D eigenvalue weighted by atomic mass is 32.1. The Bertz CT molecular complexity index is 779. The van der Waals surface area contributed by atoms with Gasteiger partial charge in [-0.25, -0.2) is 4.79 Å². The number of aliphatic carboxylic acids is 2. The van der Waals surface area contributed by atoms with Gasteiger partial charge in [-0.05, 0) is 45.1 Å². The van der Waals surface area contributed by atoms with E-state index in [1.54, 1.807) is 0 Å². The Balaban J connectivity index is 5.20. The van der Waals surface area contributed by atoms with Crippen LogP contribution < -0.4 is 38.9 Å². The standard InChI is InChI=1S/C20H38N8O7S/c21-8-2-1-5-12(26-16(31)11(22)4-3-9-25-20(23)24)17(32)28-14(10-36)18(33)27-13(19(34)35)6-7-15(29)30/h11-14,36H,1-10,21-22H2,(H,26,31)(H,27,33)(H,28,32)(H,29,30)(H,34,35)(H4,23,24,25). The molecule has 0 radical (unpaired) electrons. The Labute approximate surface area is 214 Å². The quantitative estimate of drug-likeness (QED) is 0.0341. The van der Waals surface area contributed by atoms with E-state index in [0.717, 1.165) is 0 Å². The first-order valence-electron chi connectivity index (χ1n) is 11.4. The van der Waals surface area contributed by atoms with Crippen LogP contribution in [0.3, 0.4) is 0 Å². The Hall–Kier alpha value is -3.11. The molecule has 0 spiro atoms. The molecule has 0 aliphatic heterocycles. The fraction of sp³-hybridized carbons (Fsp3) is 0.700. The number of nitrogens with two attached hydrogens (primary N) is 4. The van der Waals surface area contributed by atoms with Gasteiger partial charge in [0.05, 0.1) is 6.04 Å². The molecule has 4 atom stereocenters. The molecule has 3 amide bonds. The van der Waals surface area contributed by atoms with E-state index in [9.17, 15) is 29.1 Å². The summed E-state index contributed by atoms with van der Waals surface area (Å²) < 4.78 is 0. The molecule has 0 heterocycles. The molecule has 15 nitrogen and oxygen atoms in total. The minimum absolute atomic E-state index is 0.0796. The first-order chi connectivity index (χ1) is 16.9. The van der Waals surface area contributed by atoms with Crippen molar-refractivity contribution in [2.45, 2.75) is 69.1 Å². The largest absolute Gasteiger partial charge is 0.481 e. The molecule has 0 fully saturated rings. The summed E-state index contributed by atoms with van der Waals surface area (Å²) >= 11 is 4.04. The molecule has 36 heavy (non-hydrogen) atoms. The van der Waals surface area contributed by atoms with Gasteiger partial charge in [-0.1, -0.05) is 0 Å². The average molecular weight is 535 g/mol. The highest BCUT2D eigenvalue weighted by Gasteiger charge is 2.29. The van der Waals surface area contributed by atoms with Gasteiger partial charge in [-0.2, -0.15) is 12.6 Å². The number of rotatable bonds is 19. The van der Waals surface area contributed by atoms with Crippen LogP contribution in [0.25, 0.3) is 0 Å². The lowest BCUT2D eigenvalue weighted by Gasteiger charge is -2.24. The number of nitrogens with one attached hydrogen (secondary N) is 3. The van der Waals surface area contributed by atoms with E-state index in [4.69, 9.17) is 28.0 Å². The average Bonchev–Trinajstić information content (AvgIpc) is 2.81. The first-order valence-corrected chi connectivity index (χ1v) is 12.0. The van der Waals surface area contributed by atoms with Crippen molar-refractivity contribution in [2.24, 2.45) is 27.9 Å². The van der Waals surface area contributed by atoms with Gasteiger partial charge in [0.2, 0.25) is 17.7 Å². The van der Waals surface area contributed by atoms with Gasteiger partial charge >= 0.3 is 11.9 Å². The number of carbonyl (C=O) groups is 5. The lowest BCUT2D eigenvalue weighted by Crippen LogP contribution is -2.57. The Morgan fingerprint density at radius 2 is 1.39 bits per heavy atom. The molecule has 0 saturated carbocycles. The number of carboxylic acid groups (broad SMARTS) is 2. The second-order valence-corrected chi connectivity index (χ2v) is 8.34. The molecule has 0 aromatic heterocycles. The Morgan fingerprint density at radius 1 is 0.806 bits per heavy atom. The maximum Gasteiger partial charge on any atom is 0.326 e. The third-order valence-corrected chi connectivity index (χ3v) is 5.33. The number of guanidine groups is 1. The van der Waals surface area contributed by atoms with Gasteiger partial charge in [-0.15, -0.1) is 0 Å². The number of carboxylic acids is 2. The van der Waals surface area contributed by atoms with Gasteiger partial charge in [-0.3, -0.25) is 24.2 Å². The highest BCUT2D eigenvalue weighted by molar-refractivity contribution is 7.80.